The van der Waals surface area contributed by atoms with E-state index in [1.54, 1.807) is 44.6 Å². The Morgan fingerprint density at radius 1 is 1.00 bits per heavy atom. The molecule has 2 aromatic carbocycles. The lowest BCUT2D eigenvalue weighted by Crippen LogP contribution is -2.24. The highest BCUT2D eigenvalue weighted by molar-refractivity contribution is 5.92. The summed E-state index contributed by atoms with van der Waals surface area (Å²) in [7, 11) is 3.11. The predicted molar refractivity (Wildman–Crippen MR) is 106 cm³/mol. The van der Waals surface area contributed by atoms with Crippen LogP contribution < -0.4 is 20.1 Å². The van der Waals surface area contributed by atoms with Gasteiger partial charge in [0.1, 0.15) is 23.7 Å². The van der Waals surface area contributed by atoms with Gasteiger partial charge in [0.15, 0.2) is 11.5 Å². The normalized spacial score (nSPS) is 10.3. The monoisotopic (exact) mass is 396 g/mol. The first-order chi connectivity index (χ1) is 14.1. The standard InChI is InChI=1S/C21H21FN4O3/c1-28-18-8-7-14(9-19(18)29-2)11-24-21(27)17-10-20(26-13-25-17)23-12-15-5-3-4-6-16(15)22/h3-10,13H,11-12H2,1-2H3,(H,24,27)(H,23,25,26). The van der Waals surface area contributed by atoms with Crippen LogP contribution in [0.15, 0.2) is 54.9 Å². The quantitative estimate of drug-likeness (QED) is 0.608. The lowest BCUT2D eigenvalue weighted by molar-refractivity contribution is 0.0945. The van der Waals surface area contributed by atoms with Crippen molar-refractivity contribution in [1.82, 2.24) is 15.3 Å². The summed E-state index contributed by atoms with van der Waals surface area (Å²) >= 11 is 0. The minimum atomic E-state index is -0.351. The van der Waals surface area contributed by atoms with Crippen LogP contribution in [0.2, 0.25) is 0 Å². The van der Waals surface area contributed by atoms with E-state index in [1.165, 1.54) is 18.5 Å². The zero-order chi connectivity index (χ0) is 20.6. The fraction of sp³-hybridized carbons (Fsp3) is 0.190. The van der Waals surface area contributed by atoms with E-state index in [4.69, 9.17) is 9.47 Å². The molecule has 0 aliphatic rings. The summed E-state index contributed by atoms with van der Waals surface area (Å²) in [6.45, 7) is 0.539. The van der Waals surface area contributed by atoms with Crippen molar-refractivity contribution >= 4 is 11.7 Å². The lowest BCUT2D eigenvalue weighted by atomic mass is 10.2. The van der Waals surface area contributed by atoms with Crippen LogP contribution in [0.25, 0.3) is 0 Å². The van der Waals surface area contributed by atoms with Gasteiger partial charge in [0.2, 0.25) is 0 Å². The number of aromatic nitrogens is 2. The number of halogens is 1. The second kappa shape index (κ2) is 9.50. The van der Waals surface area contributed by atoms with Crippen LogP contribution in [-0.4, -0.2) is 30.1 Å². The Balaban J connectivity index is 1.61. The topological polar surface area (TPSA) is 85.4 Å². The number of rotatable bonds is 8. The maximum atomic E-state index is 13.7. The zero-order valence-corrected chi connectivity index (χ0v) is 16.1. The summed E-state index contributed by atoms with van der Waals surface area (Å²) < 4.78 is 24.2. The molecule has 0 fully saturated rings. The fourth-order valence-electron chi connectivity index (χ4n) is 2.67. The first kappa shape index (κ1) is 20.1. The summed E-state index contributed by atoms with van der Waals surface area (Å²) in [4.78, 5) is 20.5. The highest BCUT2D eigenvalue weighted by atomic mass is 19.1. The Morgan fingerprint density at radius 3 is 2.55 bits per heavy atom. The average Bonchev–Trinajstić information content (AvgIpc) is 2.76. The van der Waals surface area contributed by atoms with Crippen molar-refractivity contribution in [3.05, 3.63) is 77.5 Å². The highest BCUT2D eigenvalue weighted by Crippen LogP contribution is 2.27. The number of anilines is 1. The van der Waals surface area contributed by atoms with Crippen LogP contribution in [0, 0.1) is 5.82 Å². The molecule has 0 radical (unpaired) electrons. The Morgan fingerprint density at radius 2 is 1.79 bits per heavy atom. The van der Waals surface area contributed by atoms with E-state index in [0.717, 1.165) is 5.56 Å². The molecule has 0 atom stereocenters. The van der Waals surface area contributed by atoms with Gasteiger partial charge in [-0.3, -0.25) is 4.79 Å². The molecule has 8 heteroatoms. The molecule has 3 rings (SSSR count). The van der Waals surface area contributed by atoms with E-state index in [9.17, 15) is 9.18 Å². The molecule has 2 N–H and O–H groups in total. The van der Waals surface area contributed by atoms with E-state index >= 15 is 0 Å². The Kier molecular flexibility index (Phi) is 6.57. The van der Waals surface area contributed by atoms with Crippen molar-refractivity contribution in [3.63, 3.8) is 0 Å². The van der Waals surface area contributed by atoms with Gasteiger partial charge in [-0.15, -0.1) is 0 Å². The molecule has 150 valence electrons. The maximum absolute atomic E-state index is 13.7. The Hall–Kier alpha value is -3.68. The summed E-state index contributed by atoms with van der Waals surface area (Å²) in [5.74, 6) is 0.974. The van der Waals surface area contributed by atoms with Gasteiger partial charge in [-0.2, -0.15) is 0 Å². The third kappa shape index (κ3) is 5.19. The molecule has 0 saturated heterocycles. The van der Waals surface area contributed by atoms with E-state index in [0.29, 0.717) is 29.4 Å². The molecule has 0 aliphatic heterocycles. The van der Waals surface area contributed by atoms with Crippen molar-refractivity contribution < 1.29 is 18.7 Å². The summed E-state index contributed by atoms with van der Waals surface area (Å²) in [6, 6.07) is 13.4. The zero-order valence-electron chi connectivity index (χ0n) is 16.1. The fourth-order valence-corrected chi connectivity index (χ4v) is 2.67. The lowest BCUT2D eigenvalue weighted by Gasteiger charge is -2.11. The second-order valence-electron chi connectivity index (χ2n) is 6.11. The van der Waals surface area contributed by atoms with Gasteiger partial charge in [-0.25, -0.2) is 14.4 Å². The number of hydrogen-bond acceptors (Lipinski definition) is 6. The third-order valence-corrected chi connectivity index (χ3v) is 4.22. The van der Waals surface area contributed by atoms with Gasteiger partial charge in [0.05, 0.1) is 14.2 Å². The highest BCUT2D eigenvalue weighted by Gasteiger charge is 2.10. The van der Waals surface area contributed by atoms with Crippen LogP contribution in [0.4, 0.5) is 10.2 Å². The number of ether oxygens (including phenoxy) is 2. The van der Waals surface area contributed by atoms with Crippen LogP contribution in [0.3, 0.4) is 0 Å². The van der Waals surface area contributed by atoms with Crippen LogP contribution in [0.1, 0.15) is 21.6 Å². The van der Waals surface area contributed by atoms with Gasteiger partial charge in [0, 0.05) is 24.7 Å². The van der Waals surface area contributed by atoms with Crippen molar-refractivity contribution in [2.75, 3.05) is 19.5 Å². The average molecular weight is 396 g/mol. The summed E-state index contributed by atoms with van der Waals surface area (Å²) in [5.41, 5.74) is 1.56. The molecule has 29 heavy (non-hydrogen) atoms. The van der Waals surface area contributed by atoms with Crippen molar-refractivity contribution in [2.24, 2.45) is 0 Å². The SMILES string of the molecule is COc1ccc(CNC(=O)c2cc(NCc3ccccc3F)ncn2)cc1OC. The molecule has 0 bridgehead atoms. The van der Waals surface area contributed by atoms with E-state index in [-0.39, 0.29) is 24.0 Å². The molecule has 1 amide bonds. The number of nitrogens with zero attached hydrogens (tertiary/aromatic N) is 2. The third-order valence-electron chi connectivity index (χ3n) is 4.22. The molecular formula is C21H21FN4O3. The van der Waals surface area contributed by atoms with Gasteiger partial charge in [-0.1, -0.05) is 24.3 Å². The first-order valence-electron chi connectivity index (χ1n) is 8.89. The van der Waals surface area contributed by atoms with Crippen molar-refractivity contribution in [1.29, 1.82) is 0 Å². The molecule has 1 heterocycles. The minimum Gasteiger partial charge on any atom is -0.493 e. The molecule has 0 spiro atoms. The van der Waals surface area contributed by atoms with Crippen molar-refractivity contribution in [2.45, 2.75) is 13.1 Å². The van der Waals surface area contributed by atoms with Gasteiger partial charge < -0.3 is 20.1 Å². The van der Waals surface area contributed by atoms with E-state index < -0.39 is 0 Å². The maximum Gasteiger partial charge on any atom is 0.270 e. The molecule has 7 nitrogen and oxygen atoms in total. The van der Waals surface area contributed by atoms with Gasteiger partial charge >= 0.3 is 0 Å². The Bertz CT molecular complexity index is 997. The van der Waals surface area contributed by atoms with Crippen LogP contribution in [-0.2, 0) is 13.1 Å². The summed E-state index contributed by atoms with van der Waals surface area (Å²) in [5, 5.41) is 5.80. The first-order valence-corrected chi connectivity index (χ1v) is 8.89. The number of benzene rings is 2. The molecule has 0 unspecified atom stereocenters. The number of amides is 1. The molecule has 1 aromatic heterocycles. The predicted octanol–water partition coefficient (Wildman–Crippen LogP) is 3.18. The van der Waals surface area contributed by atoms with Gasteiger partial charge in [-0.05, 0) is 23.8 Å². The number of methoxy groups -OCH3 is 2. The molecule has 3 aromatic rings. The van der Waals surface area contributed by atoms with E-state index in [2.05, 4.69) is 20.6 Å². The molecular weight excluding hydrogens is 375 g/mol. The molecule has 0 aliphatic carbocycles. The number of carbonyl (C=O) groups is 1. The second-order valence-corrected chi connectivity index (χ2v) is 6.11. The largest absolute Gasteiger partial charge is 0.493 e. The van der Waals surface area contributed by atoms with Crippen molar-refractivity contribution in [3.8, 4) is 11.5 Å². The number of hydrogen-bond donors (Lipinski definition) is 2. The molecule has 0 saturated carbocycles. The summed E-state index contributed by atoms with van der Waals surface area (Å²) in [6.07, 6.45) is 1.29. The number of nitrogens with one attached hydrogen (secondary N) is 2. The van der Waals surface area contributed by atoms with Crippen LogP contribution >= 0.6 is 0 Å². The number of carbonyl (C=O) groups excluding carboxylic acids is 1. The smallest absolute Gasteiger partial charge is 0.270 e. The minimum absolute atomic E-state index is 0.205. The Labute approximate surface area is 167 Å². The van der Waals surface area contributed by atoms with E-state index in [1.807, 2.05) is 6.07 Å². The van der Waals surface area contributed by atoms with Gasteiger partial charge in [0.25, 0.3) is 5.91 Å². The van der Waals surface area contributed by atoms with Crippen LogP contribution in [0.5, 0.6) is 11.5 Å².